The molecule has 1 atom stereocenters. The van der Waals surface area contributed by atoms with Crippen LogP contribution in [0.3, 0.4) is 0 Å². The van der Waals surface area contributed by atoms with Crippen molar-refractivity contribution in [2.24, 2.45) is 11.1 Å². The Morgan fingerprint density at radius 2 is 2.20 bits per heavy atom. The number of nitrogens with one attached hydrogen (secondary N) is 2. The molecule has 0 aromatic carbocycles. The summed E-state index contributed by atoms with van der Waals surface area (Å²) in [6, 6.07) is -0.966. The van der Waals surface area contributed by atoms with Gasteiger partial charge >= 0.3 is 5.97 Å². The lowest BCUT2D eigenvalue weighted by Crippen LogP contribution is -2.51. The topological polar surface area (TPSA) is 121 Å². The molecule has 0 unspecified atom stereocenters. The van der Waals surface area contributed by atoms with Gasteiger partial charge in [0, 0.05) is 24.9 Å². The standard InChI is InChI=1S/C13H20N4O3/c14-7-13(3-1-2-4-13)12(20)17-10(11(18)19)5-9-6-15-8-16-9/h6,8,10H,1-5,7,14H2,(H,15,16)(H,17,20)(H,18,19)/t10-/m1/s1. The van der Waals surface area contributed by atoms with Crippen LogP contribution >= 0.6 is 0 Å². The Balaban J connectivity index is 2.04. The monoisotopic (exact) mass is 280 g/mol. The SMILES string of the molecule is NCC1(C(=O)N[C@H](Cc2cnc[nH]2)C(=O)O)CCCC1. The minimum Gasteiger partial charge on any atom is -0.480 e. The molecule has 5 N–H and O–H groups in total. The summed E-state index contributed by atoms with van der Waals surface area (Å²) in [4.78, 5) is 30.3. The minimum absolute atomic E-state index is 0.182. The predicted octanol–water partition coefficient (Wildman–Crippen LogP) is 0.0407. The van der Waals surface area contributed by atoms with Crippen molar-refractivity contribution in [3.8, 4) is 0 Å². The van der Waals surface area contributed by atoms with E-state index in [1.54, 1.807) is 6.20 Å². The van der Waals surface area contributed by atoms with E-state index < -0.39 is 17.4 Å². The van der Waals surface area contributed by atoms with Crippen LogP contribution in [0.15, 0.2) is 12.5 Å². The molecule has 2 rings (SSSR count). The first-order chi connectivity index (χ1) is 9.57. The van der Waals surface area contributed by atoms with Gasteiger partial charge in [0.05, 0.1) is 11.7 Å². The molecule has 1 aromatic rings. The third-order valence-corrected chi connectivity index (χ3v) is 4.02. The summed E-state index contributed by atoms with van der Waals surface area (Å²) in [6.45, 7) is 0.259. The smallest absolute Gasteiger partial charge is 0.326 e. The van der Waals surface area contributed by atoms with E-state index in [2.05, 4.69) is 15.3 Å². The quantitative estimate of drug-likeness (QED) is 0.586. The van der Waals surface area contributed by atoms with Crippen LogP contribution in [0.2, 0.25) is 0 Å². The van der Waals surface area contributed by atoms with Gasteiger partial charge in [-0.15, -0.1) is 0 Å². The maximum Gasteiger partial charge on any atom is 0.326 e. The predicted molar refractivity (Wildman–Crippen MR) is 71.8 cm³/mol. The zero-order chi connectivity index (χ0) is 14.6. The maximum atomic E-state index is 12.4. The molecule has 1 aliphatic rings. The number of amides is 1. The number of H-pyrrole nitrogens is 1. The lowest BCUT2D eigenvalue weighted by Gasteiger charge is -2.27. The molecule has 1 aromatic heterocycles. The minimum atomic E-state index is -1.06. The van der Waals surface area contributed by atoms with Crippen molar-refractivity contribution in [1.29, 1.82) is 0 Å². The lowest BCUT2D eigenvalue weighted by molar-refractivity contribution is -0.143. The Morgan fingerprint density at radius 1 is 1.50 bits per heavy atom. The van der Waals surface area contributed by atoms with Crippen LogP contribution in [0.4, 0.5) is 0 Å². The van der Waals surface area contributed by atoms with Crippen LogP contribution in [0.25, 0.3) is 0 Å². The van der Waals surface area contributed by atoms with Gasteiger partial charge in [-0.05, 0) is 12.8 Å². The number of carbonyl (C=O) groups is 2. The molecular weight excluding hydrogens is 260 g/mol. The summed E-state index contributed by atoms with van der Waals surface area (Å²) in [5.41, 5.74) is 5.81. The molecule has 0 bridgehead atoms. The third-order valence-electron chi connectivity index (χ3n) is 4.02. The van der Waals surface area contributed by atoms with E-state index in [-0.39, 0.29) is 18.9 Å². The van der Waals surface area contributed by atoms with Crippen LogP contribution in [-0.2, 0) is 16.0 Å². The highest BCUT2D eigenvalue weighted by molar-refractivity contribution is 5.88. The molecule has 1 aliphatic carbocycles. The van der Waals surface area contributed by atoms with E-state index in [9.17, 15) is 14.7 Å². The van der Waals surface area contributed by atoms with Gasteiger partial charge < -0.3 is 21.1 Å². The molecule has 1 saturated carbocycles. The van der Waals surface area contributed by atoms with Crippen molar-refractivity contribution in [2.45, 2.75) is 38.1 Å². The number of hydrogen-bond acceptors (Lipinski definition) is 4. The van der Waals surface area contributed by atoms with Gasteiger partial charge in [0.15, 0.2) is 0 Å². The summed E-state index contributed by atoms with van der Waals surface area (Å²) in [7, 11) is 0. The molecule has 7 heteroatoms. The molecular formula is C13H20N4O3. The fourth-order valence-electron chi connectivity index (χ4n) is 2.70. The second-order valence-corrected chi connectivity index (χ2v) is 5.34. The van der Waals surface area contributed by atoms with Gasteiger partial charge in [-0.3, -0.25) is 4.79 Å². The summed E-state index contributed by atoms with van der Waals surface area (Å²) < 4.78 is 0. The Hall–Kier alpha value is -1.89. The zero-order valence-corrected chi connectivity index (χ0v) is 11.3. The molecule has 1 heterocycles. The number of imidazole rings is 1. The van der Waals surface area contributed by atoms with Crippen molar-refractivity contribution in [3.63, 3.8) is 0 Å². The summed E-state index contributed by atoms with van der Waals surface area (Å²) >= 11 is 0. The summed E-state index contributed by atoms with van der Waals surface area (Å²) in [5, 5.41) is 11.9. The van der Waals surface area contributed by atoms with Crippen LogP contribution in [0, 0.1) is 5.41 Å². The van der Waals surface area contributed by atoms with E-state index in [0.717, 1.165) is 25.7 Å². The van der Waals surface area contributed by atoms with Crippen LogP contribution < -0.4 is 11.1 Å². The molecule has 110 valence electrons. The average Bonchev–Trinajstić information content (AvgIpc) is 3.09. The summed E-state index contributed by atoms with van der Waals surface area (Å²) in [5.74, 6) is -1.30. The van der Waals surface area contributed by atoms with Gasteiger partial charge in [0.2, 0.25) is 5.91 Å². The molecule has 7 nitrogen and oxygen atoms in total. The van der Waals surface area contributed by atoms with E-state index in [4.69, 9.17) is 5.73 Å². The van der Waals surface area contributed by atoms with Crippen molar-refractivity contribution in [1.82, 2.24) is 15.3 Å². The van der Waals surface area contributed by atoms with Crippen LogP contribution in [0.5, 0.6) is 0 Å². The van der Waals surface area contributed by atoms with Crippen molar-refractivity contribution in [3.05, 3.63) is 18.2 Å². The number of nitrogens with zero attached hydrogens (tertiary/aromatic N) is 1. The number of rotatable bonds is 6. The van der Waals surface area contributed by atoms with E-state index in [0.29, 0.717) is 5.69 Å². The number of carboxylic acids is 1. The fourth-order valence-corrected chi connectivity index (χ4v) is 2.70. The van der Waals surface area contributed by atoms with Crippen molar-refractivity contribution >= 4 is 11.9 Å². The maximum absolute atomic E-state index is 12.4. The first-order valence-electron chi connectivity index (χ1n) is 6.78. The van der Waals surface area contributed by atoms with Gasteiger partial charge in [-0.1, -0.05) is 12.8 Å². The number of aromatic nitrogens is 2. The second-order valence-electron chi connectivity index (χ2n) is 5.34. The number of carboxylic acid groups (broad SMARTS) is 1. The number of nitrogens with two attached hydrogens (primary N) is 1. The second kappa shape index (κ2) is 6.04. The third kappa shape index (κ3) is 2.98. The van der Waals surface area contributed by atoms with Crippen LogP contribution in [0.1, 0.15) is 31.4 Å². The highest BCUT2D eigenvalue weighted by Gasteiger charge is 2.41. The Labute approximate surface area is 117 Å². The van der Waals surface area contributed by atoms with Gasteiger partial charge in [-0.25, -0.2) is 9.78 Å². The largest absolute Gasteiger partial charge is 0.480 e. The Kier molecular flexibility index (Phi) is 4.39. The van der Waals surface area contributed by atoms with Gasteiger partial charge in [-0.2, -0.15) is 0 Å². The Bertz CT molecular complexity index is 466. The number of hydrogen-bond donors (Lipinski definition) is 4. The molecule has 20 heavy (non-hydrogen) atoms. The van der Waals surface area contributed by atoms with Crippen molar-refractivity contribution < 1.29 is 14.7 Å². The number of aromatic amines is 1. The molecule has 1 amide bonds. The lowest BCUT2D eigenvalue weighted by atomic mass is 9.85. The molecule has 0 saturated heterocycles. The van der Waals surface area contributed by atoms with Crippen LogP contribution in [-0.4, -0.2) is 39.5 Å². The Morgan fingerprint density at radius 3 is 2.70 bits per heavy atom. The fraction of sp³-hybridized carbons (Fsp3) is 0.615. The number of aliphatic carboxylic acids is 1. The molecule has 1 fully saturated rings. The first-order valence-corrected chi connectivity index (χ1v) is 6.78. The normalized spacial score (nSPS) is 18.6. The number of carbonyl (C=O) groups excluding carboxylic acids is 1. The van der Waals surface area contributed by atoms with Crippen molar-refractivity contribution in [2.75, 3.05) is 6.54 Å². The highest BCUT2D eigenvalue weighted by Crippen LogP contribution is 2.37. The van der Waals surface area contributed by atoms with E-state index in [1.165, 1.54) is 6.33 Å². The van der Waals surface area contributed by atoms with E-state index >= 15 is 0 Å². The van der Waals surface area contributed by atoms with E-state index in [1.807, 2.05) is 0 Å². The highest BCUT2D eigenvalue weighted by atomic mass is 16.4. The average molecular weight is 280 g/mol. The van der Waals surface area contributed by atoms with Gasteiger partial charge in [0.25, 0.3) is 0 Å². The molecule has 0 aliphatic heterocycles. The van der Waals surface area contributed by atoms with Gasteiger partial charge in [0.1, 0.15) is 6.04 Å². The summed E-state index contributed by atoms with van der Waals surface area (Å²) in [6.07, 6.45) is 6.59. The molecule has 0 spiro atoms. The zero-order valence-electron chi connectivity index (χ0n) is 11.3. The first kappa shape index (κ1) is 14.5. The molecule has 0 radical (unpaired) electrons.